The SMILES string of the molecule is CN1CC(COP(=O)([O-])OP(=O)([O-])OP(=O)([O-])OC[C@H]2O[C@@H](n3cnc4c(=O)[nH]c(N)nc43)[C@H](O)[C@@H]2O)OC([n+]2cn(CCOc3ccc(Cl)cc3)c3c(=O)[nH]c(N)nc32)C1. The summed E-state index contributed by atoms with van der Waals surface area (Å²) in [6.07, 6.45) is -6.31. The second-order valence-corrected chi connectivity index (χ2v) is 18.4. The lowest BCUT2D eigenvalue weighted by Crippen LogP contribution is -2.54. The Morgan fingerprint density at radius 3 is 2.30 bits per heavy atom. The summed E-state index contributed by atoms with van der Waals surface area (Å²) >= 11 is 5.93. The van der Waals surface area contributed by atoms with Crippen LogP contribution in [0.5, 0.6) is 5.75 Å². The van der Waals surface area contributed by atoms with Gasteiger partial charge in [0.2, 0.25) is 11.5 Å². The van der Waals surface area contributed by atoms with E-state index < -0.39 is 84.7 Å². The number of benzene rings is 1. The minimum atomic E-state index is -6.32. The van der Waals surface area contributed by atoms with Gasteiger partial charge in [-0.2, -0.15) is 4.98 Å². The van der Waals surface area contributed by atoms with E-state index in [9.17, 15) is 48.2 Å². The summed E-state index contributed by atoms with van der Waals surface area (Å²) in [6.45, 7) is -1.51. The van der Waals surface area contributed by atoms with Gasteiger partial charge in [-0.25, -0.2) is 18.2 Å². The normalized spacial score (nSPS) is 25.4. The van der Waals surface area contributed by atoms with E-state index in [0.29, 0.717) is 10.8 Å². The molecule has 28 nitrogen and oxygen atoms in total. The molecule has 1 aromatic carbocycles. The van der Waals surface area contributed by atoms with Crippen molar-refractivity contribution in [2.24, 2.45) is 0 Å². The number of likely N-dealkylation sites (N-methyl/N-ethyl adjacent to an activating group) is 1. The molecule has 5 unspecified atom stereocenters. The van der Waals surface area contributed by atoms with E-state index in [-0.39, 0.29) is 60.5 Å². The first-order chi connectivity index (χ1) is 28.7. The quantitative estimate of drug-likeness (QED) is 0.0423. The van der Waals surface area contributed by atoms with E-state index in [0.717, 1.165) is 10.9 Å². The van der Waals surface area contributed by atoms with Crippen molar-refractivity contribution < 1.29 is 75.0 Å². The molecule has 2 aliphatic rings. The Morgan fingerprint density at radius 1 is 0.934 bits per heavy atom. The summed E-state index contributed by atoms with van der Waals surface area (Å²) < 4.78 is 76.0. The van der Waals surface area contributed by atoms with Crippen molar-refractivity contribution in [1.29, 1.82) is 0 Å². The molecule has 332 valence electrons. The van der Waals surface area contributed by atoms with E-state index in [1.54, 1.807) is 40.8 Å². The lowest BCUT2D eigenvalue weighted by atomic mass is 10.1. The number of nitrogen functional groups attached to an aromatic ring is 2. The van der Waals surface area contributed by atoms with Crippen molar-refractivity contribution >= 4 is 69.3 Å². The zero-order valence-corrected chi connectivity index (χ0v) is 34.6. The third kappa shape index (κ3) is 10.4. The number of aliphatic hydroxyl groups excluding tert-OH is 2. The highest BCUT2D eigenvalue weighted by atomic mass is 35.5. The molecule has 2 fully saturated rings. The number of morpholine rings is 1. The number of H-pyrrole nitrogens is 2. The molecule has 7 rings (SSSR count). The molecule has 61 heavy (non-hydrogen) atoms. The van der Waals surface area contributed by atoms with Crippen molar-refractivity contribution in [3.8, 4) is 5.75 Å². The third-order valence-corrected chi connectivity index (χ3v) is 13.4. The monoisotopic (exact) mass is 937 g/mol. The summed E-state index contributed by atoms with van der Waals surface area (Å²) in [7, 11) is -16.6. The average Bonchev–Trinajstić information content (AvgIpc) is 3.83. The maximum Gasteiger partial charge on any atom is 0.313 e. The standard InChI is InChI=1S/C29H37ClN11O17P3/c1-38-8-16(55-18(9-38)41-13-39(20-24(41)35-29(32)37-26(20)45)6-7-52-15-4-2-14(30)3-5-15)10-53-59(46,47)57-61(50,51)58-60(48,49)54-11-17-21(42)22(43)27(56-17)40-12-33-19-23(40)34-28(31)36-25(19)44/h2-5,12-13,16-18,21-22,27,42-43H,6-11H2,1H3,(H8-,31,32,34,35,36,37,44,45,46,47,48,49,50,51)/p-2/t16?,17-,18?,21-,22-,27-/m1/s1. The van der Waals surface area contributed by atoms with Crippen LogP contribution in [0, 0.1) is 0 Å². The molecule has 2 saturated heterocycles. The van der Waals surface area contributed by atoms with Crippen LogP contribution in [0.1, 0.15) is 12.5 Å². The van der Waals surface area contributed by atoms with Gasteiger partial charge in [-0.3, -0.25) is 47.3 Å². The average molecular weight is 938 g/mol. The molecule has 0 spiro atoms. The first-order valence-corrected chi connectivity index (χ1v) is 22.3. The maximum absolute atomic E-state index is 13.0. The molecule has 32 heteroatoms. The van der Waals surface area contributed by atoms with Crippen molar-refractivity contribution in [2.75, 3.05) is 51.4 Å². The molecule has 2 aliphatic heterocycles. The molecular formula is C29H35ClN11O17P3-2. The Labute approximate surface area is 345 Å². The summed E-state index contributed by atoms with van der Waals surface area (Å²) in [5.41, 5.74) is 9.95. The second kappa shape index (κ2) is 17.5. The van der Waals surface area contributed by atoms with Crippen LogP contribution >= 0.6 is 35.1 Å². The Bertz CT molecular complexity index is 2680. The number of phosphoric ester groups is 2. The van der Waals surface area contributed by atoms with Crippen LogP contribution in [0.25, 0.3) is 22.3 Å². The van der Waals surface area contributed by atoms with Gasteiger partial charge in [-0.05, 0) is 31.3 Å². The number of aromatic nitrogens is 8. The van der Waals surface area contributed by atoms with E-state index in [2.05, 4.69) is 38.1 Å². The van der Waals surface area contributed by atoms with Crippen LogP contribution < -0.4 is 46.6 Å². The molecule has 5 aromatic rings. The van der Waals surface area contributed by atoms with Crippen LogP contribution in [0.4, 0.5) is 11.9 Å². The lowest BCUT2D eigenvalue weighted by molar-refractivity contribution is -0.747. The van der Waals surface area contributed by atoms with Crippen LogP contribution in [-0.4, -0.2) is 114 Å². The topological polar surface area (TPSA) is 399 Å². The summed E-state index contributed by atoms with van der Waals surface area (Å²) in [6, 6.07) is 6.63. The van der Waals surface area contributed by atoms with Crippen molar-refractivity contribution in [3.63, 3.8) is 0 Å². The fourth-order valence-electron chi connectivity index (χ4n) is 6.46. The molecule has 6 heterocycles. The number of hydrogen-bond acceptors (Lipinski definition) is 23. The van der Waals surface area contributed by atoms with Gasteiger partial charge in [0.05, 0.1) is 32.2 Å². The Kier molecular flexibility index (Phi) is 12.9. The number of hydrogen-bond donors (Lipinski definition) is 6. The first-order valence-electron chi connectivity index (χ1n) is 17.6. The van der Waals surface area contributed by atoms with Crippen LogP contribution in [0.2, 0.25) is 5.02 Å². The largest absolute Gasteiger partial charge is 0.756 e. The molecule has 0 saturated carbocycles. The number of anilines is 2. The summed E-state index contributed by atoms with van der Waals surface area (Å²) in [5.74, 6) is 0.0106. The fraction of sp³-hybridized carbons (Fsp3) is 0.448. The molecule has 0 radical (unpaired) electrons. The number of aromatic amines is 2. The minimum absolute atomic E-state index is 0.0422. The molecule has 0 bridgehead atoms. The Hall–Kier alpha value is -4.18. The van der Waals surface area contributed by atoms with Gasteiger partial charge in [-0.1, -0.05) is 16.6 Å². The molecule has 0 amide bonds. The van der Waals surface area contributed by atoms with Crippen molar-refractivity contribution in [2.45, 2.75) is 43.4 Å². The molecule has 8 N–H and O–H groups in total. The Morgan fingerprint density at radius 2 is 1.59 bits per heavy atom. The van der Waals surface area contributed by atoms with Gasteiger partial charge in [-0.15, -0.1) is 0 Å². The summed E-state index contributed by atoms with van der Waals surface area (Å²) in [4.78, 5) is 81.0. The van der Waals surface area contributed by atoms with Crippen molar-refractivity contribution in [3.05, 3.63) is 62.7 Å². The van der Waals surface area contributed by atoms with Crippen LogP contribution in [0.3, 0.4) is 0 Å². The van der Waals surface area contributed by atoms with Crippen molar-refractivity contribution in [1.82, 2.24) is 39.0 Å². The molecule has 9 atom stereocenters. The molecular weight excluding hydrogens is 903 g/mol. The Balaban J connectivity index is 0.948. The number of nitrogens with two attached hydrogens (primary N) is 2. The number of fused-ring (bicyclic) bond motifs is 2. The number of phosphoric acid groups is 3. The molecule has 4 aromatic heterocycles. The molecule has 0 aliphatic carbocycles. The van der Waals surface area contributed by atoms with E-state index in [1.807, 2.05) is 0 Å². The number of aliphatic hydroxyl groups is 2. The predicted molar refractivity (Wildman–Crippen MR) is 199 cm³/mol. The number of rotatable bonds is 16. The highest BCUT2D eigenvalue weighted by Gasteiger charge is 2.45. The second-order valence-electron chi connectivity index (χ2n) is 13.5. The number of imidazole rings is 2. The van der Waals surface area contributed by atoms with Gasteiger partial charge in [0.1, 0.15) is 37.2 Å². The number of halogens is 1. The zero-order valence-electron chi connectivity index (χ0n) is 31.2. The van der Waals surface area contributed by atoms with Gasteiger partial charge in [0.25, 0.3) is 40.5 Å². The van der Waals surface area contributed by atoms with E-state index >= 15 is 0 Å². The number of nitrogens with zero attached hydrogens (tertiary/aromatic N) is 7. The van der Waals surface area contributed by atoms with E-state index in [4.69, 9.17) is 41.8 Å². The fourth-order valence-corrected chi connectivity index (χ4v) is 9.99. The van der Waals surface area contributed by atoms with Crippen LogP contribution in [0.15, 0.2) is 46.5 Å². The van der Waals surface area contributed by atoms with Crippen LogP contribution in [-0.2, 0) is 47.4 Å². The lowest BCUT2D eigenvalue weighted by Gasteiger charge is -2.37. The maximum atomic E-state index is 13.0. The van der Waals surface area contributed by atoms with Gasteiger partial charge in [0, 0.05) is 11.6 Å². The first kappa shape index (κ1) is 44.9. The number of ether oxygens (including phenoxy) is 3. The third-order valence-electron chi connectivity index (χ3n) is 9.03. The highest BCUT2D eigenvalue weighted by Crippen LogP contribution is 2.63. The van der Waals surface area contributed by atoms with Gasteiger partial charge in [0.15, 0.2) is 29.9 Å². The predicted octanol–water partition coefficient (Wildman–Crippen LogP) is -3.04. The highest BCUT2D eigenvalue weighted by molar-refractivity contribution is 7.65. The smallest absolute Gasteiger partial charge is 0.313 e. The summed E-state index contributed by atoms with van der Waals surface area (Å²) in [5, 5.41) is 21.6. The van der Waals surface area contributed by atoms with Gasteiger partial charge >= 0.3 is 5.65 Å². The minimum Gasteiger partial charge on any atom is -0.756 e. The zero-order chi connectivity index (χ0) is 44.0. The number of nitrogens with one attached hydrogen (secondary N) is 2. The van der Waals surface area contributed by atoms with Gasteiger partial charge < -0.3 is 59.6 Å². The van der Waals surface area contributed by atoms with E-state index in [1.165, 1.54) is 10.9 Å².